The third-order valence-corrected chi connectivity index (χ3v) is 5.65. The van der Waals surface area contributed by atoms with Crippen LogP contribution in [0.4, 0.5) is 0 Å². The molecule has 3 aromatic rings. The highest BCUT2D eigenvalue weighted by molar-refractivity contribution is 5.78. The van der Waals surface area contributed by atoms with Crippen LogP contribution in [0.1, 0.15) is 42.5 Å². The van der Waals surface area contributed by atoms with E-state index in [-0.39, 0.29) is 11.9 Å². The van der Waals surface area contributed by atoms with E-state index in [0.717, 1.165) is 54.1 Å². The van der Waals surface area contributed by atoms with Crippen molar-refractivity contribution in [3.05, 3.63) is 53.6 Å². The summed E-state index contributed by atoms with van der Waals surface area (Å²) in [6.07, 6.45) is 3.18. The molecule has 0 saturated carbocycles. The van der Waals surface area contributed by atoms with Crippen LogP contribution < -0.4 is 0 Å². The zero-order chi connectivity index (χ0) is 18.3. The maximum absolute atomic E-state index is 13.1. The van der Waals surface area contributed by atoms with Crippen molar-refractivity contribution in [3.63, 3.8) is 0 Å². The van der Waals surface area contributed by atoms with E-state index in [4.69, 9.17) is 4.98 Å². The first kappa shape index (κ1) is 16.9. The Balaban J connectivity index is 1.65. The second kappa shape index (κ2) is 6.63. The van der Waals surface area contributed by atoms with Gasteiger partial charge in [-0.05, 0) is 57.4 Å². The Morgan fingerprint density at radius 3 is 2.58 bits per heavy atom. The van der Waals surface area contributed by atoms with Gasteiger partial charge in [0.15, 0.2) is 0 Å². The van der Waals surface area contributed by atoms with Crippen molar-refractivity contribution < 1.29 is 4.79 Å². The average molecular weight is 350 g/mol. The van der Waals surface area contributed by atoms with Crippen LogP contribution in [0.25, 0.3) is 11.0 Å². The van der Waals surface area contributed by atoms with Gasteiger partial charge in [0.2, 0.25) is 5.91 Å². The second-order valence-corrected chi connectivity index (χ2v) is 7.32. The first-order valence-electron chi connectivity index (χ1n) is 9.40. The van der Waals surface area contributed by atoms with Gasteiger partial charge < -0.3 is 14.0 Å². The standard InChI is InChI=1S/C21H26N4O/c1-15-11-12-16(2)25(15)14-20(26)24-13-7-6-10-19(24)21-22-17-8-4-5-9-18(17)23(21)3/h4-5,8-9,11-12,19H,6-7,10,13-14H2,1-3H3/t19-/m0/s1. The highest BCUT2D eigenvalue weighted by atomic mass is 16.2. The molecular formula is C21H26N4O. The molecular weight excluding hydrogens is 324 g/mol. The maximum Gasteiger partial charge on any atom is 0.243 e. The molecule has 0 aliphatic carbocycles. The molecule has 0 radical (unpaired) electrons. The molecule has 0 unspecified atom stereocenters. The quantitative estimate of drug-likeness (QED) is 0.722. The normalized spacial score (nSPS) is 17.8. The number of rotatable bonds is 3. The summed E-state index contributed by atoms with van der Waals surface area (Å²) in [5, 5.41) is 0. The van der Waals surface area contributed by atoms with E-state index < -0.39 is 0 Å². The van der Waals surface area contributed by atoms with Crippen molar-refractivity contribution in [2.24, 2.45) is 7.05 Å². The molecule has 5 nitrogen and oxygen atoms in total. The van der Waals surface area contributed by atoms with Crippen LogP contribution in [0, 0.1) is 13.8 Å². The van der Waals surface area contributed by atoms with Crippen LogP contribution in [0.2, 0.25) is 0 Å². The number of para-hydroxylation sites is 2. The van der Waals surface area contributed by atoms with E-state index >= 15 is 0 Å². The minimum absolute atomic E-state index is 0.0600. The fourth-order valence-corrected chi connectivity index (χ4v) is 4.14. The van der Waals surface area contributed by atoms with Crippen LogP contribution in [-0.4, -0.2) is 31.5 Å². The van der Waals surface area contributed by atoms with Gasteiger partial charge in [0.1, 0.15) is 12.4 Å². The van der Waals surface area contributed by atoms with E-state index in [9.17, 15) is 4.79 Å². The molecule has 1 aliphatic heterocycles. The molecule has 1 aromatic carbocycles. The number of amides is 1. The molecule has 1 atom stereocenters. The Morgan fingerprint density at radius 2 is 1.85 bits per heavy atom. The van der Waals surface area contributed by atoms with Gasteiger partial charge >= 0.3 is 0 Å². The van der Waals surface area contributed by atoms with Crippen LogP contribution in [0.15, 0.2) is 36.4 Å². The Labute approximate surface area is 154 Å². The molecule has 0 spiro atoms. The predicted octanol–water partition coefficient (Wildman–Crippen LogP) is 3.75. The number of aryl methyl sites for hydroxylation is 3. The molecule has 0 bridgehead atoms. The molecule has 3 heterocycles. The Kier molecular flexibility index (Phi) is 4.31. The molecule has 1 aliphatic rings. The van der Waals surface area contributed by atoms with Crippen LogP contribution in [0.5, 0.6) is 0 Å². The van der Waals surface area contributed by atoms with E-state index in [0.29, 0.717) is 6.54 Å². The minimum Gasteiger partial charge on any atom is -0.340 e. The number of hydrogen-bond acceptors (Lipinski definition) is 2. The van der Waals surface area contributed by atoms with Crippen molar-refractivity contribution in [1.29, 1.82) is 0 Å². The van der Waals surface area contributed by atoms with E-state index in [2.05, 4.69) is 48.2 Å². The summed E-state index contributed by atoms with van der Waals surface area (Å²) < 4.78 is 4.25. The summed E-state index contributed by atoms with van der Waals surface area (Å²) in [4.78, 5) is 20.1. The highest BCUT2D eigenvalue weighted by Gasteiger charge is 2.31. The zero-order valence-electron chi connectivity index (χ0n) is 15.8. The molecule has 2 aromatic heterocycles. The number of likely N-dealkylation sites (tertiary alicyclic amines) is 1. The molecule has 26 heavy (non-hydrogen) atoms. The van der Waals surface area contributed by atoms with Gasteiger partial charge in [0, 0.05) is 25.0 Å². The molecule has 1 amide bonds. The number of hydrogen-bond donors (Lipinski definition) is 0. The summed E-state index contributed by atoms with van der Waals surface area (Å²) in [6, 6.07) is 12.4. The van der Waals surface area contributed by atoms with Crippen LogP contribution in [0.3, 0.4) is 0 Å². The van der Waals surface area contributed by atoms with Crippen molar-refractivity contribution in [1.82, 2.24) is 19.0 Å². The lowest BCUT2D eigenvalue weighted by Crippen LogP contribution is -2.41. The molecule has 1 saturated heterocycles. The Bertz CT molecular complexity index is 933. The van der Waals surface area contributed by atoms with Gasteiger partial charge in [0.05, 0.1) is 17.1 Å². The minimum atomic E-state index is 0.0600. The average Bonchev–Trinajstić information content (AvgIpc) is 3.16. The van der Waals surface area contributed by atoms with Crippen LogP contribution in [-0.2, 0) is 18.4 Å². The van der Waals surface area contributed by atoms with E-state index in [1.54, 1.807) is 0 Å². The smallest absolute Gasteiger partial charge is 0.243 e. The fraction of sp³-hybridized carbons (Fsp3) is 0.429. The lowest BCUT2D eigenvalue weighted by Gasteiger charge is -2.35. The van der Waals surface area contributed by atoms with Gasteiger partial charge in [-0.2, -0.15) is 0 Å². The highest BCUT2D eigenvalue weighted by Crippen LogP contribution is 2.32. The number of imidazole rings is 1. The summed E-state index contributed by atoms with van der Waals surface area (Å²) in [6.45, 7) is 5.33. The Hall–Kier alpha value is -2.56. The number of carbonyl (C=O) groups is 1. The van der Waals surface area contributed by atoms with Gasteiger partial charge in [0.25, 0.3) is 0 Å². The number of piperidine rings is 1. The SMILES string of the molecule is Cc1ccc(C)n1CC(=O)N1CCCC[C@H]1c1nc2ccccc2n1C. The van der Waals surface area contributed by atoms with Crippen molar-refractivity contribution in [2.45, 2.75) is 45.7 Å². The number of nitrogens with zero attached hydrogens (tertiary/aromatic N) is 4. The first-order chi connectivity index (χ1) is 12.6. The summed E-state index contributed by atoms with van der Waals surface area (Å²) >= 11 is 0. The molecule has 1 fully saturated rings. The Morgan fingerprint density at radius 1 is 1.12 bits per heavy atom. The number of benzene rings is 1. The number of aromatic nitrogens is 3. The monoisotopic (exact) mass is 350 g/mol. The summed E-state index contributed by atoms with van der Waals surface area (Å²) in [5.74, 6) is 1.18. The number of fused-ring (bicyclic) bond motifs is 1. The van der Waals surface area contributed by atoms with E-state index in [1.165, 1.54) is 0 Å². The largest absolute Gasteiger partial charge is 0.340 e. The number of carbonyl (C=O) groups excluding carboxylic acids is 1. The molecule has 5 heteroatoms. The lowest BCUT2D eigenvalue weighted by molar-refractivity contribution is -0.136. The maximum atomic E-state index is 13.1. The lowest BCUT2D eigenvalue weighted by atomic mass is 10.0. The summed E-state index contributed by atoms with van der Waals surface area (Å²) in [5.41, 5.74) is 4.39. The van der Waals surface area contributed by atoms with Crippen molar-refractivity contribution in [3.8, 4) is 0 Å². The third kappa shape index (κ3) is 2.81. The topological polar surface area (TPSA) is 43.1 Å². The molecule has 0 N–H and O–H groups in total. The molecule has 4 rings (SSSR count). The van der Waals surface area contributed by atoms with E-state index in [1.807, 2.05) is 23.1 Å². The third-order valence-electron chi connectivity index (χ3n) is 5.65. The van der Waals surface area contributed by atoms with Gasteiger partial charge in [-0.15, -0.1) is 0 Å². The fourth-order valence-electron chi connectivity index (χ4n) is 4.14. The van der Waals surface area contributed by atoms with Crippen LogP contribution >= 0.6 is 0 Å². The van der Waals surface area contributed by atoms with Gasteiger partial charge in [-0.1, -0.05) is 12.1 Å². The van der Waals surface area contributed by atoms with Gasteiger partial charge in [-0.25, -0.2) is 4.98 Å². The first-order valence-corrected chi connectivity index (χ1v) is 9.40. The molecule has 136 valence electrons. The van der Waals surface area contributed by atoms with Crippen molar-refractivity contribution >= 4 is 16.9 Å². The van der Waals surface area contributed by atoms with Crippen molar-refractivity contribution in [2.75, 3.05) is 6.54 Å². The van der Waals surface area contributed by atoms with Gasteiger partial charge in [-0.3, -0.25) is 4.79 Å². The second-order valence-electron chi connectivity index (χ2n) is 7.32. The zero-order valence-corrected chi connectivity index (χ0v) is 15.8. The summed E-state index contributed by atoms with van der Waals surface area (Å²) in [7, 11) is 2.06. The predicted molar refractivity (Wildman–Crippen MR) is 103 cm³/mol.